The van der Waals surface area contributed by atoms with Gasteiger partial charge < -0.3 is 44.9 Å². The molecular weight excluding hydrogens is 874 g/mol. The molecular formula is C44H44ClN5O15. The van der Waals surface area contributed by atoms with Gasteiger partial charge in [-0.05, 0) is 55.5 Å². The molecule has 0 bridgehead atoms. The second kappa shape index (κ2) is 21.7. The minimum atomic E-state index is -1.42. The molecule has 3 aromatic rings. The molecule has 2 aliphatic heterocycles. The van der Waals surface area contributed by atoms with Crippen molar-refractivity contribution < 1.29 is 72.0 Å². The fraction of sp³-hybridized carbons (Fsp3) is 0.318. The van der Waals surface area contributed by atoms with Crippen molar-refractivity contribution in [1.29, 1.82) is 0 Å². The molecule has 0 aromatic heterocycles. The lowest BCUT2D eigenvalue weighted by molar-refractivity contribution is -0.156. The van der Waals surface area contributed by atoms with E-state index in [0.717, 1.165) is 37.5 Å². The molecule has 0 unspecified atom stereocenters. The normalized spacial score (nSPS) is 15.5. The SMILES string of the molecule is CC(=O)Oc1cccc(C(=O)NCCCCN(CC(=O)N[C@H](C(=O)N[C@@H]2C(=O)N3C(C(=O)O)=C(Cl)CC[C@H]23)c2ccccc2)C(=O)c2cccc(OC(C)=O)c2OC(C)=O)c1OC(C)=O. The van der Waals surface area contributed by atoms with Gasteiger partial charge in [-0.1, -0.05) is 54.1 Å². The van der Waals surface area contributed by atoms with Crippen LogP contribution in [0.5, 0.6) is 23.0 Å². The molecule has 4 N–H and O–H groups in total. The van der Waals surface area contributed by atoms with Crippen LogP contribution in [0.15, 0.2) is 77.5 Å². The van der Waals surface area contributed by atoms with Crippen LogP contribution >= 0.6 is 11.6 Å². The Balaban J connectivity index is 1.36. The van der Waals surface area contributed by atoms with Crippen LogP contribution in [0, 0.1) is 0 Å². The molecule has 65 heavy (non-hydrogen) atoms. The summed E-state index contributed by atoms with van der Waals surface area (Å²) < 4.78 is 20.8. The summed E-state index contributed by atoms with van der Waals surface area (Å²) in [7, 11) is 0. The lowest BCUT2D eigenvalue weighted by Crippen LogP contribution is -2.72. The first-order chi connectivity index (χ1) is 30.9. The zero-order valence-corrected chi connectivity index (χ0v) is 36.2. The topological polar surface area (TPSA) is 270 Å². The van der Waals surface area contributed by atoms with E-state index >= 15 is 0 Å². The van der Waals surface area contributed by atoms with E-state index in [2.05, 4.69) is 16.0 Å². The average molecular weight is 918 g/mol. The van der Waals surface area contributed by atoms with Gasteiger partial charge in [0.2, 0.25) is 11.8 Å². The molecule has 0 aliphatic carbocycles. The van der Waals surface area contributed by atoms with E-state index in [1.54, 1.807) is 30.3 Å². The number of benzene rings is 3. The molecule has 2 aliphatic rings. The number of hydrogen-bond acceptors (Lipinski definition) is 14. The number of β-lactam (4-membered cyclic amide) rings is 1. The second-order valence-corrected chi connectivity index (χ2v) is 15.1. The van der Waals surface area contributed by atoms with E-state index in [4.69, 9.17) is 30.5 Å². The highest BCUT2D eigenvalue weighted by molar-refractivity contribution is 6.32. The van der Waals surface area contributed by atoms with E-state index in [0.29, 0.717) is 5.56 Å². The maximum Gasteiger partial charge on any atom is 0.353 e. The maximum atomic E-state index is 14.4. The highest BCUT2D eigenvalue weighted by atomic mass is 35.5. The Morgan fingerprint density at radius 2 is 1.34 bits per heavy atom. The number of carbonyl (C=O) groups is 10. The Hall–Kier alpha value is -7.61. The molecule has 0 radical (unpaired) electrons. The van der Waals surface area contributed by atoms with Crippen molar-refractivity contribution >= 4 is 71.0 Å². The minimum absolute atomic E-state index is 0.00126. The third kappa shape index (κ3) is 12.1. The van der Waals surface area contributed by atoms with Crippen molar-refractivity contribution in [2.45, 2.75) is 71.5 Å². The Labute approximate surface area is 376 Å². The van der Waals surface area contributed by atoms with Gasteiger partial charge in [0.25, 0.3) is 17.7 Å². The third-order valence-corrected chi connectivity index (χ3v) is 10.1. The Kier molecular flexibility index (Phi) is 16.1. The number of allylic oxidation sites excluding steroid dienone is 1. The van der Waals surface area contributed by atoms with Gasteiger partial charge in [-0.25, -0.2) is 4.79 Å². The summed E-state index contributed by atoms with van der Waals surface area (Å²) in [5.74, 6) is -9.54. The van der Waals surface area contributed by atoms with Gasteiger partial charge >= 0.3 is 29.8 Å². The smallest absolute Gasteiger partial charge is 0.353 e. The quantitative estimate of drug-likeness (QED) is 0.0618. The predicted molar refractivity (Wildman–Crippen MR) is 225 cm³/mol. The number of fused-ring (bicyclic) bond motifs is 1. The van der Waals surface area contributed by atoms with Crippen LogP contribution in [0.2, 0.25) is 0 Å². The summed E-state index contributed by atoms with van der Waals surface area (Å²) in [5, 5.41) is 17.6. The fourth-order valence-electron chi connectivity index (χ4n) is 7.07. The van der Waals surface area contributed by atoms with Crippen molar-refractivity contribution in [1.82, 2.24) is 25.8 Å². The Morgan fingerprint density at radius 1 is 0.769 bits per heavy atom. The Morgan fingerprint density at radius 3 is 1.91 bits per heavy atom. The largest absolute Gasteiger partial charge is 0.477 e. The standard InChI is InChI=1S/C44H44ClN5O15/c1-23(51)62-32-16-10-14-28(38(32)64-25(3)53)40(56)46-20-8-9-21-49(42(58)29-15-11-17-33(63-24(2)52)39(29)65-26(4)54)22-34(55)47-35(27-12-6-5-7-13-27)41(57)48-36-31-19-18-30(45)37(44(60)61)50(31)43(36)59/h5-7,10-17,31,35-36H,8-9,18-22H2,1-4H3,(H,46,56)(H,47,55)(H,48,57)(H,60,61)/t31-,35+,36+/m1/s1. The number of carboxylic acids is 1. The number of esters is 4. The van der Waals surface area contributed by atoms with Crippen LogP contribution in [-0.4, -0.2) is 106 Å². The molecule has 2 heterocycles. The van der Waals surface area contributed by atoms with Gasteiger partial charge in [0.1, 0.15) is 17.8 Å². The van der Waals surface area contributed by atoms with E-state index in [1.807, 2.05) is 0 Å². The van der Waals surface area contributed by atoms with Gasteiger partial charge in [0.15, 0.2) is 23.0 Å². The van der Waals surface area contributed by atoms with Gasteiger partial charge in [-0.15, -0.1) is 0 Å². The van der Waals surface area contributed by atoms with Crippen molar-refractivity contribution in [2.24, 2.45) is 0 Å². The molecule has 1 fully saturated rings. The van der Waals surface area contributed by atoms with Crippen LogP contribution in [0.25, 0.3) is 0 Å². The van der Waals surface area contributed by atoms with Crippen LogP contribution in [-0.2, 0) is 38.4 Å². The number of hydrogen-bond donors (Lipinski definition) is 4. The lowest BCUT2D eigenvalue weighted by atomic mass is 9.86. The molecule has 342 valence electrons. The summed E-state index contributed by atoms with van der Waals surface area (Å²) in [6.07, 6.45) is 0.754. The second-order valence-electron chi connectivity index (χ2n) is 14.6. The molecule has 5 amide bonds. The number of carboxylic acid groups (broad SMARTS) is 1. The minimum Gasteiger partial charge on any atom is -0.477 e. The van der Waals surface area contributed by atoms with Crippen molar-refractivity contribution in [3.05, 3.63) is 94.1 Å². The van der Waals surface area contributed by atoms with E-state index < -0.39 is 89.8 Å². The van der Waals surface area contributed by atoms with Gasteiger partial charge in [-0.2, -0.15) is 0 Å². The molecule has 21 heteroatoms. The summed E-state index contributed by atoms with van der Waals surface area (Å²) in [5.41, 5.74) is -0.444. The first-order valence-corrected chi connectivity index (χ1v) is 20.4. The zero-order chi connectivity index (χ0) is 47.5. The average Bonchev–Trinajstić information content (AvgIpc) is 3.24. The molecule has 0 spiro atoms. The number of amides is 5. The fourth-order valence-corrected chi connectivity index (χ4v) is 7.36. The summed E-state index contributed by atoms with van der Waals surface area (Å²) >= 11 is 6.12. The molecule has 1 saturated heterocycles. The van der Waals surface area contributed by atoms with E-state index in [9.17, 15) is 53.1 Å². The molecule has 5 rings (SSSR count). The van der Waals surface area contributed by atoms with E-state index in [1.165, 1.54) is 36.4 Å². The molecule has 20 nitrogen and oxygen atoms in total. The highest BCUT2D eigenvalue weighted by Crippen LogP contribution is 2.38. The van der Waals surface area contributed by atoms with Crippen molar-refractivity contribution in [3.63, 3.8) is 0 Å². The highest BCUT2D eigenvalue weighted by Gasteiger charge is 2.53. The van der Waals surface area contributed by atoms with Crippen LogP contribution in [0.4, 0.5) is 0 Å². The van der Waals surface area contributed by atoms with Crippen molar-refractivity contribution in [2.75, 3.05) is 19.6 Å². The number of carbonyl (C=O) groups excluding carboxylic acids is 9. The first-order valence-electron chi connectivity index (χ1n) is 20.0. The van der Waals surface area contributed by atoms with Gasteiger partial charge in [0.05, 0.1) is 23.7 Å². The summed E-state index contributed by atoms with van der Waals surface area (Å²) in [6, 6.07) is 12.8. The summed E-state index contributed by atoms with van der Waals surface area (Å²) in [6.45, 7) is 3.53. The number of rotatable bonds is 18. The monoisotopic (exact) mass is 917 g/mol. The number of nitrogens with one attached hydrogen (secondary N) is 3. The van der Waals surface area contributed by atoms with Gasteiger partial charge in [0, 0.05) is 45.8 Å². The molecule has 3 aromatic carbocycles. The van der Waals surface area contributed by atoms with Crippen LogP contribution in [0.3, 0.4) is 0 Å². The van der Waals surface area contributed by atoms with Crippen LogP contribution < -0.4 is 34.9 Å². The number of halogens is 1. The third-order valence-electron chi connectivity index (χ3n) is 9.77. The first kappa shape index (κ1) is 48.4. The van der Waals surface area contributed by atoms with Crippen LogP contribution in [0.1, 0.15) is 85.7 Å². The predicted octanol–water partition coefficient (Wildman–Crippen LogP) is 2.92. The van der Waals surface area contributed by atoms with Crippen molar-refractivity contribution in [3.8, 4) is 23.0 Å². The molecule has 3 atom stereocenters. The molecule has 0 saturated carbocycles. The number of nitrogens with zero attached hydrogens (tertiary/aromatic N) is 2. The Bertz CT molecular complexity index is 2460. The number of ether oxygens (including phenoxy) is 4. The summed E-state index contributed by atoms with van der Waals surface area (Å²) in [4.78, 5) is 130. The number of unbranched alkanes of at least 4 members (excludes halogenated alkanes) is 1. The maximum absolute atomic E-state index is 14.4. The lowest BCUT2D eigenvalue weighted by Gasteiger charge is -2.49. The number of para-hydroxylation sites is 2. The number of aliphatic carboxylic acids is 1. The van der Waals surface area contributed by atoms with E-state index in [-0.39, 0.29) is 77.9 Å². The zero-order valence-electron chi connectivity index (χ0n) is 35.5. The van der Waals surface area contributed by atoms with Gasteiger partial charge in [-0.3, -0.25) is 48.1 Å².